The van der Waals surface area contributed by atoms with Crippen molar-refractivity contribution in [3.8, 4) is 0 Å². The highest BCUT2D eigenvalue weighted by atomic mass is 16.5. The van der Waals surface area contributed by atoms with E-state index in [-0.39, 0.29) is 24.9 Å². The van der Waals surface area contributed by atoms with Crippen LogP contribution < -0.4 is 31.9 Å². The summed E-state index contributed by atoms with van der Waals surface area (Å²) in [5, 5.41) is 28.6. The third-order valence-electron chi connectivity index (χ3n) is 6.30. The molecule has 1 amide bonds. The molecule has 0 aromatic carbocycles. The molecule has 4 atom stereocenters. The highest BCUT2D eigenvalue weighted by molar-refractivity contribution is 5.90. The Balaban J connectivity index is 2.63. The van der Waals surface area contributed by atoms with E-state index < -0.39 is 17.6 Å². The Bertz CT molecular complexity index is 539. The van der Waals surface area contributed by atoms with Crippen LogP contribution in [0, 0.1) is 0 Å². The van der Waals surface area contributed by atoms with Crippen LogP contribution in [0.1, 0.15) is 57.8 Å². The minimum atomic E-state index is -1.32. The molecule has 1 rings (SSSR count). The van der Waals surface area contributed by atoms with E-state index in [0.29, 0.717) is 19.3 Å². The second-order valence-electron chi connectivity index (χ2n) is 8.54. The van der Waals surface area contributed by atoms with Gasteiger partial charge in [-0.3, -0.25) is 15.4 Å². The number of hydrogen-bond acceptors (Lipinski definition) is 8. The zero-order valence-corrected chi connectivity index (χ0v) is 20.4. The van der Waals surface area contributed by atoms with Crippen molar-refractivity contribution in [2.24, 2.45) is 0 Å². The summed E-state index contributed by atoms with van der Waals surface area (Å²) >= 11 is 0. The fourth-order valence-corrected chi connectivity index (χ4v) is 4.30. The van der Waals surface area contributed by atoms with E-state index in [1.54, 1.807) is 7.05 Å². The highest BCUT2D eigenvalue weighted by Gasteiger charge is 2.51. The van der Waals surface area contributed by atoms with Crippen LogP contribution in [-0.4, -0.2) is 88.8 Å². The fourth-order valence-electron chi connectivity index (χ4n) is 4.30. The number of hydrogen-bond donors (Lipinski definition) is 7. The number of carboxylic acids is 1. The summed E-state index contributed by atoms with van der Waals surface area (Å²) in [7, 11) is 7.43. The second-order valence-corrected chi connectivity index (χ2v) is 8.54. The molecule has 7 N–H and O–H groups in total. The van der Waals surface area contributed by atoms with Crippen LogP contribution in [-0.2, 0) is 14.3 Å². The maximum Gasteiger partial charge on any atom is 0.331 e. The molecule has 1 saturated carbocycles. The first-order valence-corrected chi connectivity index (χ1v) is 12.0. The zero-order chi connectivity index (χ0) is 23.8. The Morgan fingerprint density at radius 3 is 2.22 bits per heavy atom. The third kappa shape index (κ3) is 9.29. The summed E-state index contributed by atoms with van der Waals surface area (Å²) in [6, 6.07) is -0.792. The van der Waals surface area contributed by atoms with Crippen molar-refractivity contribution >= 4 is 11.9 Å². The molecule has 32 heavy (non-hydrogen) atoms. The highest BCUT2D eigenvalue weighted by Crippen LogP contribution is 2.31. The minimum absolute atomic E-state index is 0.0964. The number of ether oxygens (including phenoxy) is 1. The molecule has 0 heterocycles. The molecule has 0 aromatic heterocycles. The van der Waals surface area contributed by atoms with Gasteiger partial charge in [-0.2, -0.15) is 0 Å². The average molecular weight is 459 g/mol. The van der Waals surface area contributed by atoms with Crippen molar-refractivity contribution in [1.82, 2.24) is 31.9 Å². The van der Waals surface area contributed by atoms with Gasteiger partial charge in [0.15, 0.2) is 5.54 Å². The predicted octanol–water partition coefficient (Wildman–Crippen LogP) is -0.0449. The van der Waals surface area contributed by atoms with Gasteiger partial charge >= 0.3 is 5.97 Å². The standard InChI is InChI=1S/C22H46N6O4/c1-23-14-7-5-10-17(25-3)20(29)28-22(21(30)31)13-9-11-18(22)27-16-32-19(26-4)12-6-8-15-24-2/h17-19,23-27H,5-16H2,1-4H3,(H,28,29)(H,30,31). The van der Waals surface area contributed by atoms with Crippen molar-refractivity contribution in [1.29, 1.82) is 0 Å². The lowest BCUT2D eigenvalue weighted by Crippen LogP contribution is -2.65. The van der Waals surface area contributed by atoms with Gasteiger partial charge in [-0.1, -0.05) is 6.42 Å². The molecule has 0 aliphatic heterocycles. The molecular formula is C22H46N6O4. The lowest BCUT2D eigenvalue weighted by Gasteiger charge is -2.34. The van der Waals surface area contributed by atoms with Gasteiger partial charge in [0, 0.05) is 6.04 Å². The summed E-state index contributed by atoms with van der Waals surface area (Å²) < 4.78 is 5.89. The number of carboxylic acid groups (broad SMARTS) is 1. The Labute approximate surface area is 193 Å². The molecular weight excluding hydrogens is 412 g/mol. The number of amides is 1. The largest absolute Gasteiger partial charge is 0.479 e. The number of carbonyl (C=O) groups excluding carboxylic acids is 1. The second kappa shape index (κ2) is 16.3. The topological polar surface area (TPSA) is 136 Å². The zero-order valence-electron chi connectivity index (χ0n) is 20.4. The Kier molecular flexibility index (Phi) is 14.7. The molecule has 0 spiro atoms. The summed E-state index contributed by atoms with van der Waals surface area (Å²) in [5.41, 5.74) is -1.32. The van der Waals surface area contributed by atoms with E-state index in [1.807, 2.05) is 21.1 Å². The Hall–Kier alpha value is -1.30. The first kappa shape index (κ1) is 28.7. The number of unbranched alkanes of at least 4 members (excludes halogenated alkanes) is 2. The van der Waals surface area contributed by atoms with Gasteiger partial charge < -0.3 is 31.1 Å². The number of nitrogens with one attached hydrogen (secondary N) is 6. The SMILES string of the molecule is CNCCCCC(NC)OCNC1CCCC1(NC(=O)C(CCCCNC)NC)C(=O)O. The Morgan fingerprint density at radius 1 is 1.00 bits per heavy atom. The number of likely N-dealkylation sites (N-methyl/N-ethyl adjacent to an activating group) is 1. The summed E-state index contributed by atoms with van der Waals surface area (Å²) in [5.74, 6) is -1.25. The van der Waals surface area contributed by atoms with Crippen LogP contribution >= 0.6 is 0 Å². The molecule has 0 bridgehead atoms. The lowest BCUT2D eigenvalue weighted by molar-refractivity contribution is -0.149. The lowest BCUT2D eigenvalue weighted by atomic mass is 9.92. The van der Waals surface area contributed by atoms with Crippen LogP contribution in [0.4, 0.5) is 0 Å². The van der Waals surface area contributed by atoms with E-state index >= 15 is 0 Å². The first-order valence-electron chi connectivity index (χ1n) is 12.0. The van der Waals surface area contributed by atoms with Gasteiger partial charge in [0.25, 0.3) is 0 Å². The molecule has 10 heteroatoms. The van der Waals surface area contributed by atoms with Crippen molar-refractivity contribution in [2.75, 3.05) is 48.0 Å². The van der Waals surface area contributed by atoms with Crippen molar-refractivity contribution in [2.45, 2.75) is 81.6 Å². The first-order chi connectivity index (χ1) is 15.4. The fraction of sp³-hybridized carbons (Fsp3) is 0.909. The summed E-state index contributed by atoms with van der Waals surface area (Å²) in [6.07, 6.45) is 7.22. The van der Waals surface area contributed by atoms with Gasteiger partial charge in [-0.25, -0.2) is 4.79 Å². The Morgan fingerprint density at radius 2 is 1.66 bits per heavy atom. The van der Waals surface area contributed by atoms with E-state index in [9.17, 15) is 14.7 Å². The van der Waals surface area contributed by atoms with Gasteiger partial charge in [0.2, 0.25) is 5.91 Å². The predicted molar refractivity (Wildman–Crippen MR) is 126 cm³/mol. The molecule has 1 aliphatic carbocycles. The molecule has 4 unspecified atom stereocenters. The van der Waals surface area contributed by atoms with E-state index in [1.165, 1.54) is 0 Å². The summed E-state index contributed by atoms with van der Waals surface area (Å²) in [6.45, 7) is 2.10. The molecule has 0 saturated heterocycles. The van der Waals surface area contributed by atoms with E-state index in [4.69, 9.17) is 4.74 Å². The monoisotopic (exact) mass is 458 g/mol. The van der Waals surface area contributed by atoms with Gasteiger partial charge in [0.1, 0.15) is 6.23 Å². The van der Waals surface area contributed by atoms with Gasteiger partial charge in [0.05, 0.1) is 12.8 Å². The van der Waals surface area contributed by atoms with E-state index in [2.05, 4.69) is 31.9 Å². The molecule has 0 aromatic rings. The van der Waals surface area contributed by atoms with Crippen molar-refractivity contribution in [3.63, 3.8) is 0 Å². The molecule has 1 fully saturated rings. The van der Waals surface area contributed by atoms with Crippen LogP contribution in [0.25, 0.3) is 0 Å². The van der Waals surface area contributed by atoms with Crippen LogP contribution in [0.3, 0.4) is 0 Å². The van der Waals surface area contributed by atoms with Gasteiger partial charge in [-0.05, 0) is 92.6 Å². The van der Waals surface area contributed by atoms with Crippen LogP contribution in [0.5, 0.6) is 0 Å². The average Bonchev–Trinajstić information content (AvgIpc) is 3.19. The molecule has 0 radical (unpaired) electrons. The summed E-state index contributed by atoms with van der Waals surface area (Å²) in [4.78, 5) is 25.2. The number of aliphatic carboxylic acids is 1. The quantitative estimate of drug-likeness (QED) is 0.105. The van der Waals surface area contributed by atoms with Crippen molar-refractivity contribution < 1.29 is 19.4 Å². The smallest absolute Gasteiger partial charge is 0.331 e. The molecule has 188 valence electrons. The number of carbonyl (C=O) groups is 2. The normalized spacial score (nSPS) is 22.6. The minimum Gasteiger partial charge on any atom is -0.479 e. The van der Waals surface area contributed by atoms with Crippen molar-refractivity contribution in [3.05, 3.63) is 0 Å². The maximum absolute atomic E-state index is 12.9. The number of rotatable bonds is 19. The maximum atomic E-state index is 12.9. The third-order valence-corrected chi connectivity index (χ3v) is 6.30. The van der Waals surface area contributed by atoms with E-state index in [0.717, 1.165) is 51.6 Å². The van der Waals surface area contributed by atoms with Crippen LogP contribution in [0.15, 0.2) is 0 Å². The molecule has 10 nitrogen and oxygen atoms in total. The van der Waals surface area contributed by atoms with Crippen LogP contribution in [0.2, 0.25) is 0 Å². The molecule has 1 aliphatic rings. The van der Waals surface area contributed by atoms with Gasteiger partial charge in [-0.15, -0.1) is 0 Å².